The van der Waals surface area contributed by atoms with Gasteiger partial charge in [-0.2, -0.15) is 0 Å². The fourth-order valence-electron chi connectivity index (χ4n) is 6.65. The molecule has 2 N–H and O–H groups in total. The second-order valence-corrected chi connectivity index (χ2v) is 10.3. The Balaban J connectivity index is 1.16. The smallest absolute Gasteiger partial charge is 0.337 e. The standard InChI is InChI=1S/C26H28ClNO4/c27-20-3-6-23(22(12-20)25(30)31)28-24(29)7-8-32-21-4-1-19(2-5-21)26-13-16-9-17(14-26)11-18(10-16)15-26/h1-6,12,16-18H,7-11,13-15H2,(H,28,29)(H,30,31). The molecule has 0 radical (unpaired) electrons. The maximum atomic E-state index is 12.3. The minimum atomic E-state index is -1.14. The highest BCUT2D eigenvalue weighted by molar-refractivity contribution is 6.31. The van der Waals surface area contributed by atoms with Crippen molar-refractivity contribution in [2.45, 2.75) is 50.4 Å². The number of hydrogen-bond donors (Lipinski definition) is 2. The highest BCUT2D eigenvalue weighted by atomic mass is 35.5. The predicted molar refractivity (Wildman–Crippen MR) is 123 cm³/mol. The Morgan fingerprint density at radius 2 is 1.62 bits per heavy atom. The number of rotatable bonds is 7. The third-order valence-corrected chi connectivity index (χ3v) is 7.82. The Morgan fingerprint density at radius 3 is 2.22 bits per heavy atom. The molecular weight excluding hydrogens is 426 g/mol. The van der Waals surface area contributed by atoms with Crippen molar-refractivity contribution >= 4 is 29.2 Å². The minimum Gasteiger partial charge on any atom is -0.493 e. The molecule has 2 aromatic rings. The number of benzene rings is 2. The number of carboxylic acid groups (broad SMARTS) is 1. The number of carbonyl (C=O) groups is 2. The van der Waals surface area contributed by atoms with Crippen LogP contribution in [0.2, 0.25) is 5.02 Å². The molecule has 4 aliphatic rings. The summed E-state index contributed by atoms with van der Waals surface area (Å²) in [5.74, 6) is 2.05. The van der Waals surface area contributed by atoms with Crippen molar-refractivity contribution in [1.82, 2.24) is 0 Å². The Bertz CT molecular complexity index is 997. The zero-order valence-electron chi connectivity index (χ0n) is 18.0. The predicted octanol–water partition coefficient (Wildman–Crippen LogP) is 5.91. The summed E-state index contributed by atoms with van der Waals surface area (Å²) in [5.41, 5.74) is 2.01. The van der Waals surface area contributed by atoms with E-state index in [9.17, 15) is 14.7 Å². The van der Waals surface area contributed by atoms with E-state index in [4.69, 9.17) is 16.3 Å². The first-order valence-electron chi connectivity index (χ1n) is 11.5. The summed E-state index contributed by atoms with van der Waals surface area (Å²) in [4.78, 5) is 23.6. The third kappa shape index (κ3) is 4.23. The van der Waals surface area contributed by atoms with Crippen LogP contribution in [0.3, 0.4) is 0 Å². The Hall–Kier alpha value is -2.53. The molecule has 0 aliphatic heterocycles. The van der Waals surface area contributed by atoms with Gasteiger partial charge in [0.15, 0.2) is 0 Å². The zero-order chi connectivity index (χ0) is 22.3. The van der Waals surface area contributed by atoms with Gasteiger partial charge in [-0.3, -0.25) is 4.79 Å². The quantitative estimate of drug-likeness (QED) is 0.546. The SMILES string of the molecule is O=C(CCOc1ccc(C23CC4CC(CC(C4)C2)C3)cc1)Nc1ccc(Cl)cc1C(=O)O. The molecule has 4 saturated carbocycles. The van der Waals surface area contributed by atoms with Crippen molar-refractivity contribution < 1.29 is 19.4 Å². The third-order valence-electron chi connectivity index (χ3n) is 7.59. The first-order valence-corrected chi connectivity index (χ1v) is 11.8. The molecule has 32 heavy (non-hydrogen) atoms. The number of anilines is 1. The van der Waals surface area contributed by atoms with Gasteiger partial charge in [-0.05, 0) is 97.6 Å². The number of amides is 1. The molecule has 5 nitrogen and oxygen atoms in total. The number of ether oxygens (including phenoxy) is 1. The summed E-state index contributed by atoms with van der Waals surface area (Å²) in [6.07, 6.45) is 8.44. The number of hydrogen-bond acceptors (Lipinski definition) is 3. The van der Waals surface area contributed by atoms with E-state index in [0.717, 1.165) is 23.5 Å². The molecule has 4 fully saturated rings. The van der Waals surface area contributed by atoms with Gasteiger partial charge in [0.25, 0.3) is 0 Å². The van der Waals surface area contributed by atoms with Gasteiger partial charge in [-0.25, -0.2) is 4.79 Å². The summed E-state index contributed by atoms with van der Waals surface area (Å²) >= 11 is 5.85. The second kappa shape index (κ2) is 8.43. The molecule has 4 bridgehead atoms. The van der Waals surface area contributed by atoms with Crippen LogP contribution >= 0.6 is 11.6 Å². The van der Waals surface area contributed by atoms with E-state index < -0.39 is 5.97 Å². The Kier molecular flexibility index (Phi) is 5.62. The van der Waals surface area contributed by atoms with Gasteiger partial charge >= 0.3 is 5.97 Å². The maximum absolute atomic E-state index is 12.3. The largest absolute Gasteiger partial charge is 0.493 e. The monoisotopic (exact) mass is 453 g/mol. The van der Waals surface area contributed by atoms with Gasteiger partial charge in [-0.1, -0.05) is 23.7 Å². The van der Waals surface area contributed by atoms with E-state index in [1.807, 2.05) is 12.1 Å². The van der Waals surface area contributed by atoms with Crippen molar-refractivity contribution in [1.29, 1.82) is 0 Å². The summed E-state index contributed by atoms with van der Waals surface area (Å²) in [6.45, 7) is 0.221. The lowest BCUT2D eigenvalue weighted by atomic mass is 9.48. The fraction of sp³-hybridized carbons (Fsp3) is 0.462. The lowest BCUT2D eigenvalue weighted by Crippen LogP contribution is -2.48. The van der Waals surface area contributed by atoms with Gasteiger partial charge < -0.3 is 15.2 Å². The lowest BCUT2D eigenvalue weighted by Gasteiger charge is -2.57. The number of halogens is 1. The Labute approximate surface area is 193 Å². The van der Waals surface area contributed by atoms with Crippen molar-refractivity contribution in [3.63, 3.8) is 0 Å². The zero-order valence-corrected chi connectivity index (χ0v) is 18.7. The number of carbonyl (C=O) groups excluding carboxylic acids is 1. The molecule has 1 amide bonds. The number of aromatic carboxylic acids is 1. The molecule has 4 aliphatic carbocycles. The van der Waals surface area contributed by atoms with Gasteiger partial charge in [-0.15, -0.1) is 0 Å². The molecule has 168 valence electrons. The summed E-state index contributed by atoms with van der Waals surface area (Å²) in [7, 11) is 0. The highest BCUT2D eigenvalue weighted by Gasteiger charge is 2.51. The van der Waals surface area contributed by atoms with E-state index in [-0.39, 0.29) is 30.2 Å². The Morgan fingerprint density at radius 1 is 1.00 bits per heavy atom. The first kappa shape index (κ1) is 21.3. The van der Waals surface area contributed by atoms with Crippen molar-refractivity contribution in [2.75, 3.05) is 11.9 Å². The molecule has 6 heteroatoms. The van der Waals surface area contributed by atoms with Gasteiger partial charge in [0.1, 0.15) is 5.75 Å². The lowest BCUT2D eigenvalue weighted by molar-refractivity contribution is -0.116. The van der Waals surface area contributed by atoms with Crippen LogP contribution in [0.25, 0.3) is 0 Å². The van der Waals surface area contributed by atoms with E-state index in [2.05, 4.69) is 17.4 Å². The molecule has 0 atom stereocenters. The van der Waals surface area contributed by atoms with E-state index in [1.165, 1.54) is 56.2 Å². The van der Waals surface area contributed by atoms with Gasteiger partial charge in [0.2, 0.25) is 5.91 Å². The molecule has 0 saturated heterocycles. The van der Waals surface area contributed by atoms with Crippen molar-refractivity contribution in [3.8, 4) is 5.75 Å². The van der Waals surface area contributed by atoms with Crippen LogP contribution in [0.15, 0.2) is 42.5 Å². The maximum Gasteiger partial charge on any atom is 0.337 e. The molecule has 0 aromatic heterocycles. The molecular formula is C26H28ClNO4. The molecule has 0 unspecified atom stereocenters. The van der Waals surface area contributed by atoms with Crippen LogP contribution in [0.5, 0.6) is 5.75 Å². The molecule has 0 heterocycles. The van der Waals surface area contributed by atoms with Crippen LogP contribution in [0.4, 0.5) is 5.69 Å². The van der Waals surface area contributed by atoms with Gasteiger partial charge in [0, 0.05) is 5.02 Å². The van der Waals surface area contributed by atoms with Gasteiger partial charge in [0.05, 0.1) is 24.3 Å². The second-order valence-electron chi connectivity index (χ2n) is 9.86. The summed E-state index contributed by atoms with van der Waals surface area (Å²) in [5, 5.41) is 12.2. The molecule has 0 spiro atoms. The van der Waals surface area contributed by atoms with E-state index in [1.54, 1.807) is 6.07 Å². The first-order chi connectivity index (χ1) is 15.4. The van der Waals surface area contributed by atoms with Crippen LogP contribution in [-0.4, -0.2) is 23.6 Å². The fourth-order valence-corrected chi connectivity index (χ4v) is 6.82. The van der Waals surface area contributed by atoms with Crippen LogP contribution in [0.1, 0.15) is 60.9 Å². The van der Waals surface area contributed by atoms with E-state index in [0.29, 0.717) is 10.4 Å². The number of nitrogens with one attached hydrogen (secondary N) is 1. The summed E-state index contributed by atoms with van der Waals surface area (Å²) in [6, 6.07) is 12.8. The minimum absolute atomic E-state index is 0.0352. The normalized spacial score (nSPS) is 27.8. The topological polar surface area (TPSA) is 75.6 Å². The highest BCUT2D eigenvalue weighted by Crippen LogP contribution is 2.60. The molecule has 6 rings (SSSR count). The van der Waals surface area contributed by atoms with Crippen LogP contribution in [0, 0.1) is 17.8 Å². The van der Waals surface area contributed by atoms with Crippen LogP contribution < -0.4 is 10.1 Å². The van der Waals surface area contributed by atoms with Crippen molar-refractivity contribution in [2.24, 2.45) is 17.8 Å². The van der Waals surface area contributed by atoms with Crippen molar-refractivity contribution in [3.05, 3.63) is 58.6 Å². The average Bonchev–Trinajstić information content (AvgIpc) is 2.74. The average molecular weight is 454 g/mol. The molecule has 2 aromatic carbocycles. The summed E-state index contributed by atoms with van der Waals surface area (Å²) < 4.78 is 5.79. The van der Waals surface area contributed by atoms with Crippen LogP contribution in [-0.2, 0) is 10.2 Å². The van der Waals surface area contributed by atoms with E-state index >= 15 is 0 Å². The number of carboxylic acids is 1.